The highest BCUT2D eigenvalue weighted by Crippen LogP contribution is 1.81. The maximum atomic E-state index is 4.69. The summed E-state index contributed by atoms with van der Waals surface area (Å²) >= 11 is 0. The second-order valence-corrected chi connectivity index (χ2v) is 0.956. The molecule has 0 aromatic carbocycles. The molecule has 7 heavy (non-hydrogen) atoms. The van der Waals surface area contributed by atoms with E-state index in [4.69, 9.17) is 4.74 Å². The Morgan fingerprint density at radius 2 is 2.43 bits per heavy atom. The molecule has 0 bridgehead atoms. The summed E-state index contributed by atoms with van der Waals surface area (Å²) in [5.74, 6) is 0. The van der Waals surface area contributed by atoms with E-state index in [1.54, 1.807) is 18.6 Å². The molecular weight excluding hydrogens is 97.0 g/mol. The molecule has 0 aromatic rings. The van der Waals surface area contributed by atoms with Crippen molar-refractivity contribution in [2.75, 3.05) is 6.73 Å². The summed E-state index contributed by atoms with van der Waals surface area (Å²) in [6, 6.07) is 0. The van der Waals surface area contributed by atoms with E-state index in [-0.39, 0.29) is 4.70 Å². The molecule has 0 saturated heterocycles. The Bertz CT molecular complexity index is 77.7. The van der Waals surface area contributed by atoms with Crippen molar-refractivity contribution in [3.8, 4) is 0 Å². The van der Waals surface area contributed by atoms with E-state index in [1.165, 1.54) is 0 Å². The number of nitrogens with zero attached hydrogens (tertiary/aromatic N) is 1. The van der Waals surface area contributed by atoms with Gasteiger partial charge in [-0.2, -0.15) is 0 Å². The fourth-order valence-corrected chi connectivity index (χ4v) is 0.281. The summed E-state index contributed by atoms with van der Waals surface area (Å²) in [4.78, 5) is 3.74. The molecule has 0 aromatic heterocycles. The average molecular weight is 103 g/mol. The van der Waals surface area contributed by atoms with Crippen LogP contribution in [0.25, 0.3) is 0 Å². The summed E-state index contributed by atoms with van der Waals surface area (Å²) in [7, 11) is 0. The largest absolute Gasteiger partial charge is 0.479 e. The van der Waals surface area contributed by atoms with Crippen LogP contribution in [0.2, 0.25) is 0 Å². The molecule has 0 saturated carbocycles. The van der Waals surface area contributed by atoms with Crippen LogP contribution >= 0.6 is 0 Å². The first-order chi connectivity index (χ1) is 3.00. The van der Waals surface area contributed by atoms with Crippen LogP contribution in [0.15, 0.2) is 17.3 Å². The van der Waals surface area contributed by atoms with Crippen LogP contribution in [0.5, 0.6) is 0 Å². The lowest BCUT2D eigenvalue weighted by Gasteiger charge is -1.94. The summed E-state index contributed by atoms with van der Waals surface area (Å²) in [5, 5.41) is 0. The lowest BCUT2D eigenvalue weighted by Crippen LogP contribution is -1.86. The van der Waals surface area contributed by atoms with E-state index in [1.807, 2.05) is 0 Å². The zero-order valence-electron chi connectivity index (χ0n) is 3.70. The quantitative estimate of drug-likeness (QED) is 0.442. The minimum Gasteiger partial charge on any atom is -0.479 e. The molecule has 0 atom stereocenters. The fraction of sp³-hybridized carbons (Fsp3) is 0.250. The molecule has 0 radical (unpaired) electrons. The van der Waals surface area contributed by atoms with Crippen LogP contribution in [0.1, 0.15) is 0 Å². The van der Waals surface area contributed by atoms with Crippen LogP contribution in [0.4, 0.5) is 4.70 Å². The number of allylic oxidation sites excluding steroid dienone is 1. The smallest absolute Gasteiger partial charge is 0.178 e. The first-order valence-electron chi connectivity index (χ1n) is 1.77. The minimum atomic E-state index is 0. The van der Waals surface area contributed by atoms with Gasteiger partial charge in [-0.3, -0.25) is 9.70 Å². The Hall–Kier alpha value is -0.860. The maximum absolute atomic E-state index is 4.69. The third-order valence-electron chi connectivity index (χ3n) is 0.515. The van der Waals surface area contributed by atoms with Gasteiger partial charge in [-0.05, 0) is 6.08 Å². The number of halogens is 1. The van der Waals surface area contributed by atoms with E-state index < -0.39 is 0 Å². The van der Waals surface area contributed by atoms with Gasteiger partial charge in [0, 0.05) is 6.21 Å². The topological polar surface area (TPSA) is 21.6 Å². The van der Waals surface area contributed by atoms with E-state index in [9.17, 15) is 0 Å². The highest BCUT2D eigenvalue weighted by Gasteiger charge is 1.75. The zero-order valence-corrected chi connectivity index (χ0v) is 3.70. The molecule has 1 rings (SSSR count). The normalized spacial score (nSPS) is 14.9. The van der Waals surface area contributed by atoms with E-state index in [2.05, 4.69) is 4.99 Å². The maximum Gasteiger partial charge on any atom is 0.178 e. The molecule has 0 N–H and O–H groups in total. The van der Waals surface area contributed by atoms with Crippen LogP contribution < -0.4 is 0 Å². The minimum absolute atomic E-state index is 0. The molecule has 0 aliphatic carbocycles. The monoisotopic (exact) mass is 103 g/mol. The highest BCUT2D eigenvalue weighted by molar-refractivity contribution is 5.70. The van der Waals surface area contributed by atoms with Crippen LogP contribution in [0, 0.1) is 0 Å². The van der Waals surface area contributed by atoms with Crippen molar-refractivity contribution in [2.24, 2.45) is 4.99 Å². The van der Waals surface area contributed by atoms with Crippen molar-refractivity contribution in [3.63, 3.8) is 0 Å². The average Bonchev–Trinajstić information content (AvgIpc) is 1.72. The zero-order chi connectivity index (χ0) is 4.24. The highest BCUT2D eigenvalue weighted by atomic mass is 19.0. The Balaban J connectivity index is 0.000000360. The molecule has 1 aliphatic rings. The molecule has 0 spiro atoms. The predicted octanol–water partition coefficient (Wildman–Crippen LogP) is 0.711. The summed E-state index contributed by atoms with van der Waals surface area (Å²) < 4.78 is 4.69. The molecule has 1 aliphatic heterocycles. The second kappa shape index (κ2) is 3.33. The lowest BCUT2D eigenvalue weighted by molar-refractivity contribution is 0.259. The van der Waals surface area contributed by atoms with Crippen molar-refractivity contribution >= 4 is 6.21 Å². The van der Waals surface area contributed by atoms with Gasteiger partial charge in [-0.1, -0.05) is 0 Å². The van der Waals surface area contributed by atoms with Gasteiger partial charge in [-0.25, -0.2) is 0 Å². The van der Waals surface area contributed by atoms with Gasteiger partial charge in [0.25, 0.3) is 0 Å². The van der Waals surface area contributed by atoms with Crippen molar-refractivity contribution in [2.45, 2.75) is 0 Å². The third kappa shape index (κ3) is 1.92. The van der Waals surface area contributed by atoms with E-state index in [0.717, 1.165) is 0 Å². The number of hydrogen-bond donors (Lipinski definition) is 0. The van der Waals surface area contributed by atoms with Crippen LogP contribution in [0.3, 0.4) is 0 Å². The third-order valence-corrected chi connectivity index (χ3v) is 0.515. The Morgan fingerprint density at radius 3 is 2.57 bits per heavy atom. The molecule has 40 valence electrons. The SMILES string of the molecule is C1=COCN=C1.F. The standard InChI is InChI=1S/C4H5NO.FH/c1-2-5-4-6-3-1;/h1-3H,4H2;1H. The Morgan fingerprint density at radius 1 is 1.57 bits per heavy atom. The first kappa shape index (κ1) is 6.14. The van der Waals surface area contributed by atoms with Crippen molar-refractivity contribution in [3.05, 3.63) is 12.3 Å². The summed E-state index contributed by atoms with van der Waals surface area (Å²) in [6.07, 6.45) is 5.08. The molecule has 1 heterocycles. The first-order valence-corrected chi connectivity index (χ1v) is 1.77. The molecular formula is C4H6FNO. The van der Waals surface area contributed by atoms with Crippen LogP contribution in [-0.2, 0) is 4.74 Å². The number of aliphatic imine (C=N–C) groups is 1. The Labute approximate surface area is 40.9 Å². The lowest BCUT2D eigenvalue weighted by atomic mass is 10.7. The predicted molar refractivity (Wildman–Crippen MR) is 26.1 cm³/mol. The summed E-state index contributed by atoms with van der Waals surface area (Å²) in [5.41, 5.74) is 0. The van der Waals surface area contributed by atoms with Crippen molar-refractivity contribution < 1.29 is 9.44 Å². The van der Waals surface area contributed by atoms with Gasteiger partial charge in [-0.15, -0.1) is 0 Å². The van der Waals surface area contributed by atoms with Gasteiger partial charge in [0.15, 0.2) is 6.73 Å². The van der Waals surface area contributed by atoms with Gasteiger partial charge < -0.3 is 4.74 Å². The fourth-order valence-electron chi connectivity index (χ4n) is 0.281. The van der Waals surface area contributed by atoms with Gasteiger partial charge in [0.05, 0.1) is 6.26 Å². The molecule has 3 heteroatoms. The number of hydrogen-bond acceptors (Lipinski definition) is 2. The van der Waals surface area contributed by atoms with Crippen molar-refractivity contribution in [1.29, 1.82) is 0 Å². The van der Waals surface area contributed by atoms with Gasteiger partial charge in [0.2, 0.25) is 0 Å². The number of ether oxygens (including phenoxy) is 1. The second-order valence-electron chi connectivity index (χ2n) is 0.956. The molecule has 2 nitrogen and oxygen atoms in total. The summed E-state index contributed by atoms with van der Waals surface area (Å²) in [6.45, 7) is 0.483. The molecule has 0 fully saturated rings. The van der Waals surface area contributed by atoms with Gasteiger partial charge >= 0.3 is 0 Å². The molecule has 0 unspecified atom stereocenters. The van der Waals surface area contributed by atoms with Gasteiger partial charge in [0.1, 0.15) is 0 Å². The number of rotatable bonds is 0. The van der Waals surface area contributed by atoms with Crippen LogP contribution in [-0.4, -0.2) is 12.9 Å². The van der Waals surface area contributed by atoms with E-state index in [0.29, 0.717) is 6.73 Å². The van der Waals surface area contributed by atoms with E-state index >= 15 is 0 Å². The molecule has 0 amide bonds. The van der Waals surface area contributed by atoms with Crippen molar-refractivity contribution in [1.82, 2.24) is 0 Å². The Kier molecular flexibility index (Phi) is 2.92.